The minimum absolute atomic E-state index is 0. The third kappa shape index (κ3) is 4.49. The van der Waals surface area contributed by atoms with E-state index in [1.165, 1.54) is 32.1 Å². The summed E-state index contributed by atoms with van der Waals surface area (Å²) in [5.41, 5.74) is 6.70. The third-order valence-electron chi connectivity index (χ3n) is 5.06. The van der Waals surface area contributed by atoms with E-state index in [2.05, 4.69) is 21.7 Å². The molecule has 2 aliphatic rings. The van der Waals surface area contributed by atoms with Gasteiger partial charge in [0.25, 0.3) is 0 Å². The quantitative estimate of drug-likeness (QED) is 0.426. The molecule has 1 saturated carbocycles. The summed E-state index contributed by atoms with van der Waals surface area (Å²) in [4.78, 5) is 13.7. The lowest BCUT2D eigenvalue weighted by atomic mass is 9.66. The summed E-state index contributed by atoms with van der Waals surface area (Å²) < 4.78 is 0. The molecule has 5 nitrogen and oxygen atoms in total. The lowest BCUT2D eigenvalue weighted by molar-refractivity contribution is 0.129. The summed E-state index contributed by atoms with van der Waals surface area (Å²) in [7, 11) is 0. The second kappa shape index (κ2) is 8.50. The zero-order chi connectivity index (χ0) is 15.4. The van der Waals surface area contributed by atoms with E-state index in [0.29, 0.717) is 5.41 Å². The van der Waals surface area contributed by atoms with E-state index in [1.54, 1.807) is 11.3 Å². The van der Waals surface area contributed by atoms with Crippen LogP contribution in [0, 0.1) is 5.41 Å². The number of anilines is 1. The lowest BCUT2D eigenvalue weighted by Crippen LogP contribution is -2.51. The van der Waals surface area contributed by atoms with Gasteiger partial charge in [0.2, 0.25) is 0 Å². The van der Waals surface area contributed by atoms with Crippen LogP contribution in [0.1, 0.15) is 39.0 Å². The van der Waals surface area contributed by atoms with Crippen LogP contribution in [0.2, 0.25) is 0 Å². The van der Waals surface area contributed by atoms with Crippen LogP contribution in [-0.2, 0) is 0 Å². The molecule has 0 bridgehead atoms. The molecule has 0 atom stereocenters. The highest BCUT2D eigenvalue weighted by Crippen LogP contribution is 2.44. The van der Waals surface area contributed by atoms with Gasteiger partial charge in [0, 0.05) is 44.3 Å². The number of thiazole rings is 1. The first kappa shape index (κ1) is 18.8. The number of hydrogen-bond acceptors (Lipinski definition) is 4. The van der Waals surface area contributed by atoms with Crippen molar-refractivity contribution >= 4 is 46.4 Å². The zero-order valence-electron chi connectivity index (χ0n) is 13.9. The Morgan fingerprint density at radius 1 is 1.35 bits per heavy atom. The predicted octanol–water partition coefficient (Wildman–Crippen LogP) is 3.17. The van der Waals surface area contributed by atoms with Gasteiger partial charge in [-0.3, -0.25) is 4.99 Å². The van der Waals surface area contributed by atoms with Gasteiger partial charge in [-0.2, -0.15) is 0 Å². The summed E-state index contributed by atoms with van der Waals surface area (Å²) in [6, 6.07) is 0. The van der Waals surface area contributed by atoms with Crippen LogP contribution >= 0.6 is 35.3 Å². The minimum atomic E-state index is 0. The van der Waals surface area contributed by atoms with Crippen molar-refractivity contribution in [1.29, 1.82) is 0 Å². The van der Waals surface area contributed by atoms with Crippen LogP contribution in [0.25, 0.3) is 0 Å². The number of nitrogens with zero attached hydrogens (tertiary/aromatic N) is 4. The van der Waals surface area contributed by atoms with Crippen molar-refractivity contribution in [2.24, 2.45) is 16.1 Å². The van der Waals surface area contributed by atoms with Gasteiger partial charge in [0.15, 0.2) is 11.1 Å². The molecule has 1 saturated heterocycles. The van der Waals surface area contributed by atoms with E-state index in [1.807, 2.05) is 11.6 Å². The molecule has 1 aliphatic heterocycles. The van der Waals surface area contributed by atoms with Crippen molar-refractivity contribution in [2.75, 3.05) is 37.6 Å². The first-order valence-corrected chi connectivity index (χ1v) is 9.30. The summed E-state index contributed by atoms with van der Waals surface area (Å²) >= 11 is 1.70. The Labute approximate surface area is 160 Å². The van der Waals surface area contributed by atoms with Crippen LogP contribution in [-0.4, -0.2) is 48.6 Å². The molecule has 0 unspecified atom stereocenters. The Kier molecular flexibility index (Phi) is 6.94. The maximum absolute atomic E-state index is 6.24. The zero-order valence-corrected chi connectivity index (χ0v) is 17.1. The Hall–Kier alpha value is -0.570. The molecule has 1 aromatic rings. The predicted molar refractivity (Wildman–Crippen MR) is 109 cm³/mol. The van der Waals surface area contributed by atoms with Crippen molar-refractivity contribution in [3.05, 3.63) is 11.6 Å². The van der Waals surface area contributed by atoms with Gasteiger partial charge >= 0.3 is 0 Å². The van der Waals surface area contributed by atoms with Gasteiger partial charge in [-0.1, -0.05) is 19.8 Å². The van der Waals surface area contributed by atoms with Crippen molar-refractivity contribution in [2.45, 2.75) is 39.0 Å². The number of halogens is 1. The molecule has 2 fully saturated rings. The number of aromatic nitrogens is 1. The van der Waals surface area contributed by atoms with E-state index in [0.717, 1.165) is 43.8 Å². The van der Waals surface area contributed by atoms with E-state index >= 15 is 0 Å². The fourth-order valence-corrected chi connectivity index (χ4v) is 4.24. The number of nitrogens with two attached hydrogens (primary N) is 1. The number of piperazine rings is 1. The SMILES string of the molecule is CCCC1(CN=C(N)N2CCN(c3nccs3)CC2)CCC1.I. The fraction of sp³-hybridized carbons (Fsp3) is 0.750. The Bertz CT molecular complexity index is 493. The summed E-state index contributed by atoms with van der Waals surface area (Å²) in [5, 5.41) is 3.15. The van der Waals surface area contributed by atoms with E-state index in [9.17, 15) is 0 Å². The first-order valence-electron chi connectivity index (χ1n) is 8.42. The summed E-state index contributed by atoms with van der Waals surface area (Å²) in [6.45, 7) is 7.02. The maximum Gasteiger partial charge on any atom is 0.191 e. The third-order valence-corrected chi connectivity index (χ3v) is 5.90. The highest BCUT2D eigenvalue weighted by molar-refractivity contribution is 14.0. The molecule has 0 spiro atoms. The molecule has 130 valence electrons. The van der Waals surface area contributed by atoms with Gasteiger partial charge in [-0.05, 0) is 24.7 Å². The molecule has 0 aromatic carbocycles. The van der Waals surface area contributed by atoms with Crippen LogP contribution in [0.5, 0.6) is 0 Å². The van der Waals surface area contributed by atoms with Crippen LogP contribution < -0.4 is 10.6 Å². The lowest BCUT2D eigenvalue weighted by Gasteiger charge is -2.41. The average Bonchev–Trinajstić information content (AvgIpc) is 3.04. The van der Waals surface area contributed by atoms with Crippen LogP contribution in [0.4, 0.5) is 5.13 Å². The highest BCUT2D eigenvalue weighted by atomic mass is 127. The minimum Gasteiger partial charge on any atom is -0.370 e. The molecule has 23 heavy (non-hydrogen) atoms. The molecule has 2 N–H and O–H groups in total. The largest absolute Gasteiger partial charge is 0.370 e. The standard InChI is InChI=1S/C16H27N5S.HI/c1-2-4-16(5-3-6-16)13-19-14(17)20-8-10-21(11-9-20)15-18-7-12-22-15;/h7,12H,2-6,8-11,13H2,1H3,(H2,17,19);1H. The second-order valence-corrected chi connectivity index (χ2v) is 7.44. The molecular weight excluding hydrogens is 421 g/mol. The Morgan fingerprint density at radius 2 is 2.09 bits per heavy atom. The first-order chi connectivity index (χ1) is 10.7. The van der Waals surface area contributed by atoms with E-state index < -0.39 is 0 Å². The molecule has 3 rings (SSSR count). The number of guanidine groups is 1. The highest BCUT2D eigenvalue weighted by Gasteiger charge is 2.35. The molecular formula is C16H28IN5S. The fourth-order valence-electron chi connectivity index (χ4n) is 3.54. The molecule has 2 heterocycles. The summed E-state index contributed by atoms with van der Waals surface area (Å²) in [6.07, 6.45) is 8.43. The van der Waals surface area contributed by atoms with E-state index in [4.69, 9.17) is 10.7 Å². The summed E-state index contributed by atoms with van der Waals surface area (Å²) in [5.74, 6) is 0.737. The number of hydrogen-bond donors (Lipinski definition) is 1. The van der Waals surface area contributed by atoms with Crippen LogP contribution in [0.3, 0.4) is 0 Å². The van der Waals surface area contributed by atoms with Gasteiger partial charge in [0.05, 0.1) is 0 Å². The average molecular weight is 449 g/mol. The number of rotatable bonds is 5. The normalized spacial score (nSPS) is 20.8. The van der Waals surface area contributed by atoms with Gasteiger partial charge in [-0.15, -0.1) is 35.3 Å². The molecule has 1 aromatic heterocycles. The molecule has 1 aliphatic carbocycles. The van der Waals surface area contributed by atoms with E-state index in [-0.39, 0.29) is 24.0 Å². The topological polar surface area (TPSA) is 57.8 Å². The molecule has 7 heteroatoms. The Balaban J connectivity index is 0.00000192. The maximum atomic E-state index is 6.24. The molecule has 0 radical (unpaired) electrons. The smallest absolute Gasteiger partial charge is 0.191 e. The van der Waals surface area contributed by atoms with Gasteiger partial charge in [-0.25, -0.2) is 4.98 Å². The number of aliphatic imine (C=N–C) groups is 1. The second-order valence-electron chi connectivity index (χ2n) is 6.57. The van der Waals surface area contributed by atoms with Crippen molar-refractivity contribution in [3.8, 4) is 0 Å². The van der Waals surface area contributed by atoms with Crippen molar-refractivity contribution in [3.63, 3.8) is 0 Å². The van der Waals surface area contributed by atoms with Crippen LogP contribution in [0.15, 0.2) is 16.6 Å². The molecule has 0 amide bonds. The van der Waals surface area contributed by atoms with Crippen molar-refractivity contribution < 1.29 is 0 Å². The van der Waals surface area contributed by atoms with Gasteiger partial charge < -0.3 is 15.5 Å². The van der Waals surface area contributed by atoms with Gasteiger partial charge in [0.1, 0.15) is 0 Å². The van der Waals surface area contributed by atoms with Crippen molar-refractivity contribution in [1.82, 2.24) is 9.88 Å². The Morgan fingerprint density at radius 3 is 2.61 bits per heavy atom. The monoisotopic (exact) mass is 449 g/mol.